The molecule has 2 aromatic carbocycles. The molecule has 0 unspecified atom stereocenters. The van der Waals surface area contributed by atoms with E-state index in [2.05, 4.69) is 32.4 Å². The third-order valence-corrected chi connectivity index (χ3v) is 5.82. The molecule has 2 aliphatic rings. The molecule has 0 saturated heterocycles. The smallest absolute Gasteiger partial charge is 0.296 e. The van der Waals surface area contributed by atoms with E-state index in [1.165, 1.54) is 0 Å². The minimum atomic E-state index is -3.87. The van der Waals surface area contributed by atoms with Crippen LogP contribution in [0, 0.1) is 0 Å². The topological polar surface area (TPSA) is 103 Å². The molecule has 31 heavy (non-hydrogen) atoms. The lowest BCUT2D eigenvalue weighted by Crippen LogP contribution is -2.30. The largest absolute Gasteiger partial charge is 0.493 e. The summed E-state index contributed by atoms with van der Waals surface area (Å²) in [5.41, 5.74) is 4.63. The Hall–Kier alpha value is -2.29. The van der Waals surface area contributed by atoms with E-state index in [1.807, 2.05) is 12.1 Å². The Morgan fingerprint density at radius 1 is 1.16 bits per heavy atom. The van der Waals surface area contributed by atoms with Crippen LogP contribution >= 0.6 is 12.4 Å². The van der Waals surface area contributed by atoms with Crippen LogP contribution in [0.1, 0.15) is 49.9 Å². The highest BCUT2D eigenvalue weighted by Gasteiger charge is 2.39. The van der Waals surface area contributed by atoms with Gasteiger partial charge in [0.15, 0.2) is 11.5 Å². The molecule has 0 aromatic heterocycles. The van der Waals surface area contributed by atoms with E-state index in [-0.39, 0.29) is 23.5 Å². The molecule has 2 aromatic rings. The molecule has 3 N–H and O–H groups in total. The van der Waals surface area contributed by atoms with Gasteiger partial charge in [-0.25, -0.2) is 5.14 Å². The van der Waals surface area contributed by atoms with Crippen LogP contribution in [0.25, 0.3) is 0 Å². The highest BCUT2D eigenvalue weighted by atomic mass is 35.5. The lowest BCUT2D eigenvalue weighted by Gasteiger charge is -2.31. The van der Waals surface area contributed by atoms with Crippen LogP contribution in [0.5, 0.6) is 11.5 Å². The summed E-state index contributed by atoms with van der Waals surface area (Å²) < 4.78 is 37.2. The van der Waals surface area contributed by atoms with E-state index in [0.717, 1.165) is 52.3 Å². The van der Waals surface area contributed by atoms with Gasteiger partial charge >= 0.3 is 0 Å². The van der Waals surface area contributed by atoms with E-state index < -0.39 is 10.2 Å². The van der Waals surface area contributed by atoms with Crippen molar-refractivity contribution >= 4 is 34.0 Å². The van der Waals surface area contributed by atoms with Gasteiger partial charge in [0.25, 0.3) is 10.2 Å². The Morgan fingerprint density at radius 3 is 2.52 bits per heavy atom. The summed E-state index contributed by atoms with van der Waals surface area (Å²) >= 11 is 0. The van der Waals surface area contributed by atoms with E-state index in [4.69, 9.17) is 19.6 Å². The summed E-state index contributed by atoms with van der Waals surface area (Å²) in [5.74, 6) is 1.49. The number of nitrogens with two attached hydrogens (primary N) is 1. The summed E-state index contributed by atoms with van der Waals surface area (Å²) in [4.78, 5) is 5.06. The van der Waals surface area contributed by atoms with Crippen molar-refractivity contribution < 1.29 is 17.9 Å². The zero-order chi connectivity index (χ0) is 21.9. The number of halogens is 1. The molecule has 0 aliphatic carbocycles. The fourth-order valence-corrected chi connectivity index (χ4v) is 4.78. The van der Waals surface area contributed by atoms with E-state index in [1.54, 1.807) is 25.3 Å². The van der Waals surface area contributed by atoms with Gasteiger partial charge in [-0.3, -0.25) is 9.71 Å². The van der Waals surface area contributed by atoms with Crippen LogP contribution in [0.15, 0.2) is 35.3 Å². The maximum atomic E-state index is 11.5. The van der Waals surface area contributed by atoms with E-state index >= 15 is 0 Å². The quantitative estimate of drug-likeness (QED) is 0.719. The first kappa shape index (κ1) is 23.4. The van der Waals surface area contributed by atoms with Gasteiger partial charge in [0, 0.05) is 23.1 Å². The monoisotopic (exact) mass is 465 g/mol. The molecule has 0 spiro atoms. The predicted octanol–water partition coefficient (Wildman–Crippen LogP) is 3.62. The van der Waals surface area contributed by atoms with Gasteiger partial charge in [0.1, 0.15) is 5.60 Å². The van der Waals surface area contributed by atoms with Crippen molar-refractivity contribution in [1.82, 2.24) is 0 Å². The number of rotatable bonds is 4. The average Bonchev–Trinajstić information content (AvgIpc) is 2.93. The zero-order valence-corrected chi connectivity index (χ0v) is 19.9. The fraction of sp³-hybridized carbons (Fsp3) is 0.409. The summed E-state index contributed by atoms with van der Waals surface area (Å²) in [6.07, 6.45) is 1.50. The molecule has 0 amide bonds. The number of hydrogen-bond donors (Lipinski definition) is 2. The average molecular weight is 466 g/mol. The fourth-order valence-electron chi connectivity index (χ4n) is 4.32. The minimum Gasteiger partial charge on any atom is -0.493 e. The maximum Gasteiger partial charge on any atom is 0.296 e. The molecule has 2 heterocycles. The molecule has 0 bridgehead atoms. The van der Waals surface area contributed by atoms with Gasteiger partial charge in [-0.05, 0) is 57.9 Å². The Labute approximate surface area is 189 Å². The van der Waals surface area contributed by atoms with E-state index in [9.17, 15) is 8.42 Å². The van der Waals surface area contributed by atoms with Crippen LogP contribution in [-0.4, -0.2) is 32.4 Å². The van der Waals surface area contributed by atoms with Crippen molar-refractivity contribution in [2.45, 2.75) is 51.7 Å². The summed E-state index contributed by atoms with van der Waals surface area (Å²) in [7, 11) is -2.21. The van der Waals surface area contributed by atoms with Crippen molar-refractivity contribution in [2.75, 3.05) is 11.8 Å². The summed E-state index contributed by atoms with van der Waals surface area (Å²) in [5, 5.41) is 5.15. The number of methoxy groups -OCH3 is 1. The molecule has 9 heteroatoms. The molecular formula is C22H28ClN3O4S. The van der Waals surface area contributed by atoms with E-state index in [0.29, 0.717) is 5.69 Å². The molecule has 4 rings (SSSR count). The molecule has 0 saturated carbocycles. The molecule has 168 valence electrons. The normalized spacial score (nSPS) is 18.1. The third kappa shape index (κ3) is 4.66. The molecule has 7 nitrogen and oxygen atoms in total. The molecule has 0 fully saturated rings. The van der Waals surface area contributed by atoms with Crippen molar-refractivity contribution in [3.05, 3.63) is 52.6 Å². The number of ether oxygens (including phenoxy) is 2. The highest BCUT2D eigenvalue weighted by molar-refractivity contribution is 7.90. The van der Waals surface area contributed by atoms with Crippen LogP contribution in [0.2, 0.25) is 0 Å². The van der Waals surface area contributed by atoms with Crippen molar-refractivity contribution in [3.8, 4) is 11.5 Å². The lowest BCUT2D eigenvalue weighted by atomic mass is 9.81. The molecule has 2 aliphatic heterocycles. The lowest BCUT2D eigenvalue weighted by molar-refractivity contribution is 0.134. The van der Waals surface area contributed by atoms with Gasteiger partial charge in [0.2, 0.25) is 0 Å². The van der Waals surface area contributed by atoms with Crippen LogP contribution in [-0.2, 0) is 23.1 Å². The summed E-state index contributed by atoms with van der Waals surface area (Å²) in [6.45, 7) is 8.28. The number of nitrogens with zero attached hydrogens (tertiary/aromatic N) is 1. The van der Waals surface area contributed by atoms with Gasteiger partial charge in [-0.1, -0.05) is 12.1 Å². The van der Waals surface area contributed by atoms with Crippen LogP contribution in [0.3, 0.4) is 0 Å². The van der Waals surface area contributed by atoms with Gasteiger partial charge < -0.3 is 9.47 Å². The van der Waals surface area contributed by atoms with Crippen molar-refractivity contribution in [3.63, 3.8) is 0 Å². The third-order valence-electron chi connectivity index (χ3n) is 5.30. The first-order valence-corrected chi connectivity index (χ1v) is 11.4. The van der Waals surface area contributed by atoms with Crippen LogP contribution < -0.4 is 19.3 Å². The van der Waals surface area contributed by atoms with Gasteiger partial charge in [0.05, 0.1) is 24.0 Å². The number of anilines is 1. The zero-order valence-electron chi connectivity index (χ0n) is 18.3. The Morgan fingerprint density at radius 2 is 1.87 bits per heavy atom. The second-order valence-electron chi connectivity index (χ2n) is 9.14. The van der Waals surface area contributed by atoms with Crippen molar-refractivity contribution in [2.24, 2.45) is 10.1 Å². The molecule has 0 atom stereocenters. The number of nitrogens with one attached hydrogen (secondary N) is 1. The second-order valence-corrected chi connectivity index (χ2v) is 10.4. The molecule has 0 radical (unpaired) electrons. The Kier molecular flexibility index (Phi) is 5.80. The molecular weight excluding hydrogens is 438 g/mol. The maximum absolute atomic E-state index is 11.5. The van der Waals surface area contributed by atoms with Gasteiger partial charge in [-0.15, -0.1) is 12.4 Å². The highest BCUT2D eigenvalue weighted by Crippen LogP contribution is 2.47. The Balaban J connectivity index is 0.00000272. The Bertz CT molecular complexity index is 1170. The SMILES string of the molecule is COc1cc2c(c3c1OC(C)(C)C3)C(c1cccc(NS(N)(=O)=O)c1)=NC(C)(C)C2.Cl. The standard InChI is InChI=1S/C22H27N3O4S.ClH/c1-21(2)11-14-10-17(28-5)20-16(12-22(3,4)29-20)18(14)19(24-21)13-7-6-8-15(9-13)25-30(23,26)27;/h6-10,25H,11-12H2,1-5H3,(H2,23,26,27);1H. The predicted molar refractivity (Wildman–Crippen MR) is 125 cm³/mol. The van der Waals surface area contributed by atoms with Crippen LogP contribution in [0.4, 0.5) is 5.69 Å². The summed E-state index contributed by atoms with van der Waals surface area (Å²) in [6, 6.07) is 9.17. The number of aliphatic imine (C=N–C) groups is 1. The minimum absolute atomic E-state index is 0. The first-order chi connectivity index (χ1) is 13.9. The van der Waals surface area contributed by atoms with Gasteiger partial charge in [-0.2, -0.15) is 8.42 Å². The first-order valence-electron chi connectivity index (χ1n) is 9.80. The second kappa shape index (κ2) is 7.69. The van der Waals surface area contributed by atoms with Crippen molar-refractivity contribution in [1.29, 1.82) is 0 Å². The number of fused-ring (bicyclic) bond motifs is 3. The number of benzene rings is 2. The number of hydrogen-bond acceptors (Lipinski definition) is 5.